The summed E-state index contributed by atoms with van der Waals surface area (Å²) in [6.07, 6.45) is 8.56. The Morgan fingerprint density at radius 2 is 0.804 bits per heavy atom. The van der Waals surface area contributed by atoms with Crippen LogP contribution in [0.15, 0.2) is 146 Å². The van der Waals surface area contributed by atoms with Gasteiger partial charge in [0.05, 0.1) is 9.40 Å². The van der Waals surface area contributed by atoms with Crippen LogP contribution in [-0.2, 0) is 14.1 Å². The lowest BCUT2D eigenvalue weighted by Gasteiger charge is -2.18. The minimum atomic E-state index is 1.24. The molecule has 0 aliphatic heterocycles. The third kappa shape index (κ3) is 5.62. The first-order chi connectivity index (χ1) is 24.9. The number of aryl methyl sites for hydroxylation is 2. The maximum Gasteiger partial charge on any atom is 0.169 e. The van der Waals surface area contributed by atoms with Gasteiger partial charge in [-0.2, -0.15) is 0 Å². The summed E-state index contributed by atoms with van der Waals surface area (Å²) in [4.78, 5) is 2.65. The van der Waals surface area contributed by atoms with Crippen molar-refractivity contribution in [2.24, 2.45) is 14.1 Å². The van der Waals surface area contributed by atoms with E-state index in [0.717, 1.165) is 0 Å². The van der Waals surface area contributed by atoms with Gasteiger partial charge in [0, 0.05) is 49.0 Å². The van der Waals surface area contributed by atoms with E-state index in [0.29, 0.717) is 0 Å². The van der Waals surface area contributed by atoms with Crippen LogP contribution in [0.4, 0.5) is 0 Å². The van der Waals surface area contributed by atoms with Gasteiger partial charge in [0.25, 0.3) is 0 Å². The fourth-order valence-corrected chi connectivity index (χ4v) is 11.6. The fourth-order valence-electron chi connectivity index (χ4n) is 7.36. The van der Waals surface area contributed by atoms with Crippen LogP contribution >= 0.6 is 34.0 Å². The molecule has 5 aromatic heterocycles. The molecule has 0 amide bonds. The Labute approximate surface area is 310 Å². The van der Waals surface area contributed by atoms with Gasteiger partial charge in [0.2, 0.25) is 0 Å². The largest absolute Gasteiger partial charge is 0.208 e. The lowest BCUT2D eigenvalue weighted by molar-refractivity contribution is -0.671. The molecule has 0 bridgehead atoms. The van der Waals surface area contributed by atoms with Crippen LogP contribution in [0.1, 0.15) is 11.1 Å². The van der Waals surface area contributed by atoms with E-state index in [-0.39, 0.29) is 0 Å². The number of aromatic nitrogens is 2. The number of fused-ring (bicyclic) bond motifs is 3. The van der Waals surface area contributed by atoms with E-state index >= 15 is 0 Å². The molecule has 2 nitrogen and oxygen atoms in total. The van der Waals surface area contributed by atoms with Crippen molar-refractivity contribution in [3.63, 3.8) is 0 Å². The molecule has 0 saturated heterocycles. The Hall–Kier alpha value is -5.20. The molecule has 0 N–H and O–H groups in total. The first-order valence-electron chi connectivity index (χ1n) is 17.2. The number of hydrogen-bond acceptors (Lipinski definition) is 3. The molecular formula is C46H36N2S3+2. The number of pyridine rings is 2. The van der Waals surface area contributed by atoms with Crippen LogP contribution in [-0.4, -0.2) is 0 Å². The minimum absolute atomic E-state index is 1.24. The van der Waals surface area contributed by atoms with E-state index < -0.39 is 0 Å². The van der Waals surface area contributed by atoms with Gasteiger partial charge < -0.3 is 0 Å². The molecule has 0 fully saturated rings. The molecule has 5 heteroatoms. The Bertz CT molecular complexity index is 2570. The van der Waals surface area contributed by atoms with Gasteiger partial charge in [-0.25, -0.2) is 9.13 Å². The molecule has 0 spiro atoms. The first-order valence-corrected chi connectivity index (χ1v) is 19.6. The van der Waals surface area contributed by atoms with Gasteiger partial charge >= 0.3 is 0 Å². The van der Waals surface area contributed by atoms with Gasteiger partial charge in [-0.15, -0.1) is 34.0 Å². The lowest BCUT2D eigenvalue weighted by Crippen LogP contribution is -2.25. The summed E-state index contributed by atoms with van der Waals surface area (Å²) in [6, 6.07) is 44.6. The molecular weight excluding hydrogens is 677 g/mol. The van der Waals surface area contributed by atoms with Crippen molar-refractivity contribution in [2.45, 2.75) is 13.8 Å². The van der Waals surface area contributed by atoms with Gasteiger partial charge in [-0.1, -0.05) is 78.9 Å². The molecule has 4 aromatic carbocycles. The molecule has 51 heavy (non-hydrogen) atoms. The zero-order chi connectivity index (χ0) is 34.6. The van der Waals surface area contributed by atoms with E-state index in [9.17, 15) is 0 Å². The second kappa shape index (κ2) is 12.8. The Balaban J connectivity index is 1.23. The summed E-state index contributed by atoms with van der Waals surface area (Å²) >= 11 is 5.82. The number of nitrogens with zero attached hydrogens (tertiary/aromatic N) is 2. The third-order valence-corrected chi connectivity index (χ3v) is 13.8. The van der Waals surface area contributed by atoms with Crippen molar-refractivity contribution in [3.8, 4) is 65.4 Å². The minimum Gasteiger partial charge on any atom is -0.208 e. The number of thiophene rings is 3. The normalized spacial score (nSPS) is 11.5. The SMILES string of the molecule is Cc1c(-c2cc[n+](C)cc2)cc(-c2cc[n+](C)cc2)c(C)c1-c1cc2sc3cc(-c4c(-c5ccccc5)cccc4-c4ccccc4)sc3c2s1. The first kappa shape index (κ1) is 31.8. The highest BCUT2D eigenvalue weighted by Gasteiger charge is 2.23. The maximum atomic E-state index is 2.45. The predicted octanol–water partition coefficient (Wildman–Crippen LogP) is 12.4. The van der Waals surface area contributed by atoms with Crippen LogP contribution in [0.5, 0.6) is 0 Å². The van der Waals surface area contributed by atoms with Gasteiger partial charge in [0.1, 0.15) is 14.1 Å². The summed E-state index contributed by atoms with van der Waals surface area (Å²) in [5, 5.41) is 0. The van der Waals surface area contributed by atoms with Gasteiger partial charge in [-0.3, -0.25) is 0 Å². The summed E-state index contributed by atoms with van der Waals surface area (Å²) in [7, 11) is 4.15. The summed E-state index contributed by atoms with van der Waals surface area (Å²) in [5.74, 6) is 0. The second-order valence-corrected chi connectivity index (χ2v) is 16.5. The highest BCUT2D eigenvalue weighted by molar-refractivity contribution is 7.40. The van der Waals surface area contributed by atoms with Gasteiger partial charge in [0.15, 0.2) is 24.8 Å². The fraction of sp³-hybridized carbons (Fsp3) is 0.0870. The molecule has 0 atom stereocenters. The van der Waals surface area contributed by atoms with E-state index in [4.69, 9.17) is 0 Å². The van der Waals surface area contributed by atoms with Crippen molar-refractivity contribution in [1.82, 2.24) is 0 Å². The van der Waals surface area contributed by atoms with Crippen LogP contribution < -0.4 is 9.13 Å². The molecule has 0 saturated carbocycles. The zero-order valence-electron chi connectivity index (χ0n) is 29.0. The average molecular weight is 713 g/mol. The monoisotopic (exact) mass is 712 g/mol. The van der Waals surface area contributed by atoms with Crippen molar-refractivity contribution < 1.29 is 9.13 Å². The number of hydrogen-bond donors (Lipinski definition) is 0. The zero-order valence-corrected chi connectivity index (χ0v) is 31.4. The summed E-state index contributed by atoms with van der Waals surface area (Å²) < 4.78 is 9.71. The predicted molar refractivity (Wildman–Crippen MR) is 220 cm³/mol. The molecule has 9 aromatic rings. The van der Waals surface area contributed by atoms with E-state index in [2.05, 4.69) is 183 Å². The van der Waals surface area contributed by atoms with Crippen LogP contribution in [0.2, 0.25) is 0 Å². The topological polar surface area (TPSA) is 7.76 Å². The summed E-state index contributed by atoms with van der Waals surface area (Å²) in [6.45, 7) is 4.61. The highest BCUT2D eigenvalue weighted by Crippen LogP contribution is 2.52. The molecule has 0 aliphatic rings. The molecule has 9 rings (SSSR count). The van der Waals surface area contributed by atoms with E-state index in [1.54, 1.807) is 0 Å². The molecule has 0 radical (unpaired) electrons. The van der Waals surface area contributed by atoms with Crippen LogP contribution in [0, 0.1) is 13.8 Å². The Morgan fingerprint density at radius 1 is 0.392 bits per heavy atom. The quantitative estimate of drug-likeness (QED) is 0.152. The lowest BCUT2D eigenvalue weighted by atomic mass is 9.87. The van der Waals surface area contributed by atoms with Crippen LogP contribution in [0.25, 0.3) is 84.2 Å². The number of rotatable bonds is 6. The number of benzene rings is 4. The smallest absolute Gasteiger partial charge is 0.169 e. The third-order valence-electron chi connectivity index (χ3n) is 9.97. The summed E-state index contributed by atoms with van der Waals surface area (Å²) in [5.41, 5.74) is 15.4. The van der Waals surface area contributed by atoms with Crippen molar-refractivity contribution in [2.75, 3.05) is 0 Å². The maximum absolute atomic E-state index is 2.45. The van der Waals surface area contributed by atoms with Crippen molar-refractivity contribution in [1.29, 1.82) is 0 Å². The van der Waals surface area contributed by atoms with E-state index in [1.165, 1.54) is 95.3 Å². The van der Waals surface area contributed by atoms with E-state index in [1.807, 2.05) is 34.0 Å². The van der Waals surface area contributed by atoms with Crippen molar-refractivity contribution in [3.05, 3.63) is 157 Å². The van der Waals surface area contributed by atoms with Crippen LogP contribution in [0.3, 0.4) is 0 Å². The Morgan fingerprint density at radius 3 is 1.25 bits per heavy atom. The molecule has 5 heterocycles. The molecule has 246 valence electrons. The average Bonchev–Trinajstić information content (AvgIpc) is 3.84. The second-order valence-electron chi connectivity index (χ2n) is 13.3. The Kier molecular flexibility index (Phi) is 8.00. The van der Waals surface area contributed by atoms with Gasteiger partial charge in [-0.05, 0) is 93.2 Å². The van der Waals surface area contributed by atoms with Crippen molar-refractivity contribution >= 4 is 52.8 Å². The standard InChI is InChI=1S/C46H36N2S3/c1-29-37(33-18-22-47(3)23-19-33)26-38(34-20-24-48(4)25-21-34)30(2)43(29)39-27-41-45(50-39)46-42(49-41)28-40(51-46)44-35(31-12-7-5-8-13-31)16-11-17-36(44)32-14-9-6-10-15-32/h5-28H,1-4H3/q+2. The molecule has 0 unspecified atom stereocenters. The highest BCUT2D eigenvalue weighted by atomic mass is 32.1. The molecule has 0 aliphatic carbocycles.